The van der Waals surface area contributed by atoms with Gasteiger partial charge in [-0.15, -0.1) is 6.58 Å². The minimum Gasteiger partial charge on any atom is -0.103 e. The Morgan fingerprint density at radius 1 is 0.938 bits per heavy atom. The van der Waals surface area contributed by atoms with Gasteiger partial charge in [0.15, 0.2) is 0 Å². The number of hydrogen-bond acceptors (Lipinski definition) is 0. The predicted molar refractivity (Wildman–Crippen MR) is 77.7 cm³/mol. The van der Waals surface area contributed by atoms with Crippen LogP contribution in [0.5, 0.6) is 0 Å². The molecular weight excluding hydrogens is 192 g/mol. The van der Waals surface area contributed by atoms with E-state index in [4.69, 9.17) is 0 Å². The van der Waals surface area contributed by atoms with E-state index >= 15 is 0 Å². The van der Waals surface area contributed by atoms with Crippen molar-refractivity contribution in [2.45, 2.75) is 27.7 Å². The lowest BCUT2D eigenvalue weighted by Crippen LogP contribution is -2.22. The molecule has 0 saturated carbocycles. The minimum absolute atomic E-state index is 1.23. The molecule has 0 unspecified atom stereocenters. The second-order valence-electron chi connectivity index (χ2n) is 2.73. The summed E-state index contributed by atoms with van der Waals surface area (Å²) in [5.74, 6) is 0. The van der Waals surface area contributed by atoms with E-state index < -0.39 is 0 Å². The SMILES string of the molecule is C=C/C=c1/cccc/c1=C/C.C=CC.CC. The van der Waals surface area contributed by atoms with Crippen molar-refractivity contribution in [2.75, 3.05) is 0 Å². The molecule has 0 nitrogen and oxygen atoms in total. The molecule has 16 heavy (non-hydrogen) atoms. The van der Waals surface area contributed by atoms with Crippen LogP contribution in [0, 0.1) is 0 Å². The van der Waals surface area contributed by atoms with Crippen LogP contribution in [0.2, 0.25) is 0 Å². The van der Waals surface area contributed by atoms with E-state index in [1.54, 1.807) is 6.08 Å². The van der Waals surface area contributed by atoms with Crippen LogP contribution in [-0.4, -0.2) is 0 Å². The van der Waals surface area contributed by atoms with Gasteiger partial charge in [0.05, 0.1) is 0 Å². The molecule has 88 valence electrons. The highest BCUT2D eigenvalue weighted by Gasteiger charge is 1.78. The van der Waals surface area contributed by atoms with Gasteiger partial charge in [-0.1, -0.05) is 69.0 Å². The molecule has 0 N–H and O–H groups in total. The van der Waals surface area contributed by atoms with Gasteiger partial charge < -0.3 is 0 Å². The maximum Gasteiger partial charge on any atom is -0.0188 e. The maximum atomic E-state index is 3.66. The van der Waals surface area contributed by atoms with Crippen molar-refractivity contribution >= 4 is 12.2 Å². The Balaban J connectivity index is 0. The van der Waals surface area contributed by atoms with Crippen molar-refractivity contribution < 1.29 is 0 Å². The van der Waals surface area contributed by atoms with Gasteiger partial charge in [-0.3, -0.25) is 0 Å². The molecule has 0 aliphatic carbocycles. The highest BCUT2D eigenvalue weighted by molar-refractivity contribution is 5.37. The quantitative estimate of drug-likeness (QED) is 0.628. The van der Waals surface area contributed by atoms with Crippen LogP contribution in [0.25, 0.3) is 12.2 Å². The van der Waals surface area contributed by atoms with Gasteiger partial charge in [0.2, 0.25) is 0 Å². The lowest BCUT2D eigenvalue weighted by Gasteiger charge is -1.86. The Morgan fingerprint density at radius 2 is 1.38 bits per heavy atom. The van der Waals surface area contributed by atoms with Gasteiger partial charge in [-0.25, -0.2) is 0 Å². The molecule has 0 aromatic heterocycles. The molecule has 0 radical (unpaired) electrons. The molecule has 0 bridgehead atoms. The van der Waals surface area contributed by atoms with Crippen molar-refractivity contribution in [3.63, 3.8) is 0 Å². The first-order chi connectivity index (χ1) is 7.79. The summed E-state index contributed by atoms with van der Waals surface area (Å²) in [4.78, 5) is 0. The zero-order valence-electron chi connectivity index (χ0n) is 11.0. The van der Waals surface area contributed by atoms with Crippen LogP contribution in [-0.2, 0) is 0 Å². The van der Waals surface area contributed by atoms with E-state index in [0.29, 0.717) is 0 Å². The van der Waals surface area contributed by atoms with E-state index in [-0.39, 0.29) is 0 Å². The van der Waals surface area contributed by atoms with E-state index in [0.717, 1.165) is 0 Å². The van der Waals surface area contributed by atoms with E-state index in [1.165, 1.54) is 10.4 Å². The van der Waals surface area contributed by atoms with Crippen LogP contribution in [0.4, 0.5) is 0 Å². The molecule has 0 saturated heterocycles. The second-order valence-corrected chi connectivity index (χ2v) is 2.73. The summed E-state index contributed by atoms with van der Waals surface area (Å²) in [5.41, 5.74) is 0. The fraction of sp³-hybridized carbons (Fsp3) is 0.250. The number of hydrogen-bond donors (Lipinski definition) is 0. The van der Waals surface area contributed by atoms with E-state index in [9.17, 15) is 0 Å². The highest BCUT2D eigenvalue weighted by atomic mass is 13.8. The molecule has 0 heteroatoms. The fourth-order valence-corrected chi connectivity index (χ4v) is 1.05. The molecule has 1 aromatic rings. The lowest BCUT2D eigenvalue weighted by molar-refractivity contribution is 1.50. The normalized spacial score (nSPS) is 10.5. The molecule has 0 spiro atoms. The second kappa shape index (κ2) is 13.4. The molecule has 1 rings (SSSR count). The van der Waals surface area contributed by atoms with Crippen LogP contribution < -0.4 is 10.4 Å². The number of benzene rings is 1. The summed E-state index contributed by atoms with van der Waals surface area (Å²) < 4.78 is 0. The first-order valence-corrected chi connectivity index (χ1v) is 5.71. The fourth-order valence-electron chi connectivity index (χ4n) is 1.05. The summed E-state index contributed by atoms with van der Waals surface area (Å²) in [7, 11) is 0. The standard InChI is InChI=1S/C11H12.C3H6.C2H6/c1-3-7-11-9-6-5-8-10(11)4-2;1-3-2;1-2/h3-9H,1H2,2H3;3H,1H2,2H3;1-2H3/b10-4-,11-7-;;. The van der Waals surface area contributed by atoms with Gasteiger partial charge in [0.1, 0.15) is 0 Å². The third-order valence-electron chi connectivity index (χ3n) is 1.60. The molecule has 0 atom stereocenters. The van der Waals surface area contributed by atoms with E-state index in [1.807, 2.05) is 52.0 Å². The van der Waals surface area contributed by atoms with Crippen molar-refractivity contribution in [1.82, 2.24) is 0 Å². The van der Waals surface area contributed by atoms with Crippen molar-refractivity contribution in [3.8, 4) is 0 Å². The maximum absolute atomic E-state index is 3.66. The van der Waals surface area contributed by atoms with Crippen LogP contribution in [0.3, 0.4) is 0 Å². The third-order valence-corrected chi connectivity index (χ3v) is 1.60. The van der Waals surface area contributed by atoms with Crippen molar-refractivity contribution in [1.29, 1.82) is 0 Å². The Hall–Kier alpha value is -1.56. The Kier molecular flexibility index (Phi) is 14.2. The molecule has 0 fully saturated rings. The van der Waals surface area contributed by atoms with Gasteiger partial charge in [0.25, 0.3) is 0 Å². The zero-order valence-corrected chi connectivity index (χ0v) is 11.0. The molecule has 0 aliphatic rings. The molecule has 0 heterocycles. The monoisotopic (exact) mass is 216 g/mol. The molecule has 1 aromatic carbocycles. The van der Waals surface area contributed by atoms with Gasteiger partial charge in [-0.2, -0.15) is 0 Å². The van der Waals surface area contributed by atoms with Crippen LogP contribution >= 0.6 is 0 Å². The summed E-state index contributed by atoms with van der Waals surface area (Å²) in [5, 5.41) is 2.48. The highest BCUT2D eigenvalue weighted by Crippen LogP contribution is 1.72. The lowest BCUT2D eigenvalue weighted by atomic mass is 10.2. The average Bonchev–Trinajstić information content (AvgIpc) is 2.34. The summed E-state index contributed by atoms with van der Waals surface area (Å²) in [6.45, 7) is 14.9. The molecule has 0 amide bonds. The average molecular weight is 216 g/mol. The molecular formula is C16H24. The number of rotatable bonds is 1. The number of allylic oxidation sites excluding steroid dienone is 2. The first-order valence-electron chi connectivity index (χ1n) is 5.71. The summed E-state index contributed by atoms with van der Waals surface area (Å²) in [6, 6.07) is 8.24. The summed E-state index contributed by atoms with van der Waals surface area (Å²) in [6.07, 6.45) is 7.66. The third kappa shape index (κ3) is 7.81. The topological polar surface area (TPSA) is 0 Å². The predicted octanol–water partition coefficient (Wildman–Crippen LogP) is 3.67. The molecule has 0 aliphatic heterocycles. The Morgan fingerprint density at radius 3 is 1.75 bits per heavy atom. The van der Waals surface area contributed by atoms with Crippen molar-refractivity contribution in [3.05, 3.63) is 60.0 Å². The largest absolute Gasteiger partial charge is 0.103 e. The van der Waals surface area contributed by atoms with Gasteiger partial charge in [-0.05, 0) is 24.3 Å². The smallest absolute Gasteiger partial charge is 0.0188 e. The van der Waals surface area contributed by atoms with E-state index in [2.05, 4.69) is 31.4 Å². The van der Waals surface area contributed by atoms with Crippen molar-refractivity contribution in [2.24, 2.45) is 0 Å². The first kappa shape index (κ1) is 16.9. The van der Waals surface area contributed by atoms with Gasteiger partial charge >= 0.3 is 0 Å². The zero-order chi connectivity index (χ0) is 12.8. The van der Waals surface area contributed by atoms with Crippen LogP contribution in [0.1, 0.15) is 27.7 Å². The van der Waals surface area contributed by atoms with Crippen LogP contribution in [0.15, 0.2) is 49.6 Å². The Bertz CT molecular complexity index is 383. The minimum atomic E-state index is 1.23. The summed E-state index contributed by atoms with van der Waals surface area (Å²) >= 11 is 0. The Labute approximate surface area is 100 Å². The van der Waals surface area contributed by atoms with Gasteiger partial charge in [0, 0.05) is 0 Å².